The lowest BCUT2D eigenvalue weighted by molar-refractivity contribution is 0.671. The van der Waals surface area contributed by atoms with E-state index in [1.54, 1.807) is 11.8 Å². The minimum Gasteiger partial charge on any atom is -0.198 e. The SMILES string of the molecule is CCCCC(C#N)c1ccc(SC)cc1. The van der Waals surface area contributed by atoms with Crippen LogP contribution in [0.25, 0.3) is 0 Å². The number of unbranched alkanes of at least 4 members (excludes halogenated alkanes) is 1. The second kappa shape index (κ2) is 6.53. The van der Waals surface area contributed by atoms with E-state index in [9.17, 15) is 0 Å². The molecule has 0 saturated heterocycles. The van der Waals surface area contributed by atoms with Gasteiger partial charge < -0.3 is 0 Å². The Labute approximate surface area is 96.5 Å². The van der Waals surface area contributed by atoms with E-state index in [1.165, 1.54) is 4.90 Å². The normalized spacial score (nSPS) is 12.1. The van der Waals surface area contributed by atoms with Crippen LogP contribution in [0, 0.1) is 11.3 Å². The number of thioether (sulfide) groups is 1. The lowest BCUT2D eigenvalue weighted by atomic mass is 9.95. The molecule has 0 heterocycles. The molecule has 0 aliphatic rings. The molecule has 0 aliphatic heterocycles. The van der Waals surface area contributed by atoms with Crippen molar-refractivity contribution in [2.75, 3.05) is 6.26 Å². The number of hydrogen-bond acceptors (Lipinski definition) is 2. The summed E-state index contributed by atoms with van der Waals surface area (Å²) in [5.41, 5.74) is 1.16. The van der Waals surface area contributed by atoms with Gasteiger partial charge in [-0.15, -0.1) is 11.8 Å². The van der Waals surface area contributed by atoms with E-state index in [0.29, 0.717) is 0 Å². The third-order valence-electron chi connectivity index (χ3n) is 2.52. The zero-order chi connectivity index (χ0) is 11.1. The van der Waals surface area contributed by atoms with Crippen LogP contribution in [0.1, 0.15) is 37.7 Å². The summed E-state index contributed by atoms with van der Waals surface area (Å²) in [6, 6.07) is 10.7. The van der Waals surface area contributed by atoms with Crippen molar-refractivity contribution in [1.29, 1.82) is 5.26 Å². The average Bonchev–Trinajstić information content (AvgIpc) is 2.31. The lowest BCUT2D eigenvalue weighted by Gasteiger charge is -2.08. The molecular formula is C13H17NS. The molecule has 0 amide bonds. The molecule has 1 aromatic carbocycles. The molecule has 0 aromatic heterocycles. The van der Waals surface area contributed by atoms with Crippen LogP contribution in [0.15, 0.2) is 29.2 Å². The zero-order valence-corrected chi connectivity index (χ0v) is 10.2. The van der Waals surface area contributed by atoms with Gasteiger partial charge in [-0.3, -0.25) is 0 Å². The summed E-state index contributed by atoms with van der Waals surface area (Å²) in [6.07, 6.45) is 5.32. The van der Waals surface area contributed by atoms with E-state index in [2.05, 4.69) is 43.5 Å². The van der Waals surface area contributed by atoms with E-state index in [-0.39, 0.29) is 5.92 Å². The van der Waals surface area contributed by atoms with E-state index in [0.717, 1.165) is 24.8 Å². The van der Waals surface area contributed by atoms with Crippen LogP contribution in [-0.2, 0) is 0 Å². The van der Waals surface area contributed by atoms with Gasteiger partial charge in [0, 0.05) is 4.90 Å². The van der Waals surface area contributed by atoms with Crippen LogP contribution >= 0.6 is 11.8 Å². The third-order valence-corrected chi connectivity index (χ3v) is 3.26. The van der Waals surface area contributed by atoms with Crippen molar-refractivity contribution in [3.05, 3.63) is 29.8 Å². The molecule has 0 bridgehead atoms. The van der Waals surface area contributed by atoms with Gasteiger partial charge in [0.2, 0.25) is 0 Å². The molecular weight excluding hydrogens is 202 g/mol. The molecule has 2 heteroatoms. The molecule has 1 nitrogen and oxygen atoms in total. The first kappa shape index (κ1) is 12.1. The Hall–Kier alpha value is -0.940. The minimum atomic E-state index is 0.0702. The first-order valence-corrected chi connectivity index (χ1v) is 6.57. The van der Waals surface area contributed by atoms with Gasteiger partial charge in [0.25, 0.3) is 0 Å². The summed E-state index contributed by atoms with van der Waals surface area (Å²) in [6.45, 7) is 2.16. The average molecular weight is 219 g/mol. The Morgan fingerprint density at radius 3 is 2.47 bits per heavy atom. The number of benzene rings is 1. The summed E-state index contributed by atoms with van der Waals surface area (Å²) >= 11 is 1.73. The second-order valence-electron chi connectivity index (χ2n) is 3.60. The minimum absolute atomic E-state index is 0.0702. The molecule has 0 fully saturated rings. The van der Waals surface area contributed by atoms with Crippen molar-refractivity contribution in [3.8, 4) is 6.07 Å². The highest BCUT2D eigenvalue weighted by molar-refractivity contribution is 7.98. The highest BCUT2D eigenvalue weighted by atomic mass is 32.2. The quantitative estimate of drug-likeness (QED) is 0.693. The van der Waals surface area contributed by atoms with Crippen molar-refractivity contribution in [3.63, 3.8) is 0 Å². The van der Waals surface area contributed by atoms with Gasteiger partial charge in [0.1, 0.15) is 0 Å². The molecule has 0 N–H and O–H groups in total. The van der Waals surface area contributed by atoms with Crippen molar-refractivity contribution < 1.29 is 0 Å². The van der Waals surface area contributed by atoms with Crippen LogP contribution in [0.2, 0.25) is 0 Å². The Kier molecular flexibility index (Phi) is 5.28. The van der Waals surface area contributed by atoms with Gasteiger partial charge in [0.05, 0.1) is 12.0 Å². The Morgan fingerprint density at radius 2 is 2.00 bits per heavy atom. The van der Waals surface area contributed by atoms with Crippen molar-refractivity contribution >= 4 is 11.8 Å². The van der Waals surface area contributed by atoms with Gasteiger partial charge in [-0.2, -0.15) is 5.26 Å². The fourth-order valence-corrected chi connectivity index (χ4v) is 1.96. The van der Waals surface area contributed by atoms with Gasteiger partial charge in [-0.25, -0.2) is 0 Å². The van der Waals surface area contributed by atoms with Gasteiger partial charge in [0.15, 0.2) is 0 Å². The van der Waals surface area contributed by atoms with E-state index < -0.39 is 0 Å². The van der Waals surface area contributed by atoms with Crippen LogP contribution < -0.4 is 0 Å². The molecule has 1 rings (SSSR count). The predicted octanol–water partition coefficient (Wildman–Crippen LogP) is 4.21. The topological polar surface area (TPSA) is 23.8 Å². The molecule has 15 heavy (non-hydrogen) atoms. The molecule has 0 spiro atoms. The third kappa shape index (κ3) is 3.60. The maximum Gasteiger partial charge on any atom is 0.0712 e. The van der Waals surface area contributed by atoms with Crippen LogP contribution in [0.5, 0.6) is 0 Å². The van der Waals surface area contributed by atoms with Crippen molar-refractivity contribution in [2.24, 2.45) is 0 Å². The lowest BCUT2D eigenvalue weighted by Crippen LogP contribution is -1.95. The summed E-state index contributed by atoms with van der Waals surface area (Å²) < 4.78 is 0. The van der Waals surface area contributed by atoms with Crippen LogP contribution in [-0.4, -0.2) is 6.26 Å². The first-order valence-electron chi connectivity index (χ1n) is 5.35. The van der Waals surface area contributed by atoms with Gasteiger partial charge in [-0.1, -0.05) is 31.9 Å². The standard InChI is InChI=1S/C13H17NS/c1-3-4-5-12(10-14)11-6-8-13(15-2)9-7-11/h6-9,12H,3-5H2,1-2H3. The Bertz CT molecular complexity index is 323. The molecule has 1 aromatic rings. The number of nitriles is 1. The molecule has 1 unspecified atom stereocenters. The summed E-state index contributed by atoms with van der Waals surface area (Å²) in [5.74, 6) is 0.0702. The predicted molar refractivity (Wildman–Crippen MR) is 66.1 cm³/mol. The number of rotatable bonds is 5. The largest absolute Gasteiger partial charge is 0.198 e. The van der Waals surface area contributed by atoms with Crippen molar-refractivity contribution in [2.45, 2.75) is 37.0 Å². The molecule has 0 radical (unpaired) electrons. The van der Waals surface area contributed by atoms with E-state index in [4.69, 9.17) is 5.26 Å². The molecule has 80 valence electrons. The van der Waals surface area contributed by atoms with Crippen molar-refractivity contribution in [1.82, 2.24) is 0 Å². The highest BCUT2D eigenvalue weighted by Gasteiger charge is 2.09. The maximum absolute atomic E-state index is 9.08. The highest BCUT2D eigenvalue weighted by Crippen LogP contribution is 2.23. The first-order chi connectivity index (χ1) is 7.31. The fraction of sp³-hybridized carbons (Fsp3) is 0.462. The molecule has 1 atom stereocenters. The summed E-state index contributed by atoms with van der Waals surface area (Å²) in [7, 11) is 0. The zero-order valence-electron chi connectivity index (χ0n) is 9.36. The fourth-order valence-electron chi connectivity index (χ4n) is 1.55. The summed E-state index contributed by atoms with van der Waals surface area (Å²) in [5, 5.41) is 9.08. The number of hydrogen-bond donors (Lipinski definition) is 0. The monoisotopic (exact) mass is 219 g/mol. The van der Waals surface area contributed by atoms with Gasteiger partial charge >= 0.3 is 0 Å². The second-order valence-corrected chi connectivity index (χ2v) is 4.48. The smallest absolute Gasteiger partial charge is 0.0712 e. The van der Waals surface area contributed by atoms with Gasteiger partial charge in [-0.05, 0) is 30.4 Å². The Morgan fingerprint density at radius 1 is 1.33 bits per heavy atom. The molecule has 0 saturated carbocycles. The van der Waals surface area contributed by atoms with E-state index in [1.807, 2.05) is 0 Å². The van der Waals surface area contributed by atoms with E-state index >= 15 is 0 Å². The Balaban J connectivity index is 2.70. The molecule has 0 aliphatic carbocycles. The van der Waals surface area contributed by atoms with Crippen LogP contribution in [0.4, 0.5) is 0 Å². The maximum atomic E-state index is 9.08. The number of nitrogens with zero attached hydrogens (tertiary/aromatic N) is 1. The van der Waals surface area contributed by atoms with Crippen LogP contribution in [0.3, 0.4) is 0 Å². The summed E-state index contributed by atoms with van der Waals surface area (Å²) in [4.78, 5) is 1.26.